The van der Waals surface area contributed by atoms with Gasteiger partial charge in [0.25, 0.3) is 0 Å². The zero-order chi connectivity index (χ0) is 37.4. The number of aromatic amines is 2. The number of hydrogen-bond donors (Lipinski definition) is 2. The van der Waals surface area contributed by atoms with Gasteiger partial charge in [0.1, 0.15) is 5.82 Å². The largest absolute Gasteiger partial charge is 0.355 e. The summed E-state index contributed by atoms with van der Waals surface area (Å²) in [6.45, 7) is 6.13. The summed E-state index contributed by atoms with van der Waals surface area (Å²) >= 11 is 1.26. The van der Waals surface area contributed by atoms with Crippen LogP contribution in [0.3, 0.4) is 0 Å². The van der Waals surface area contributed by atoms with Crippen LogP contribution in [0.15, 0.2) is 65.8 Å². The molecule has 2 aliphatic heterocycles. The summed E-state index contributed by atoms with van der Waals surface area (Å²) in [5, 5.41) is 0.0772. The molecule has 2 aliphatic rings. The summed E-state index contributed by atoms with van der Waals surface area (Å²) in [5.41, 5.74) is 13.4. The van der Waals surface area contributed by atoms with Gasteiger partial charge in [0.2, 0.25) is 0 Å². The number of hydrogen-bond acceptors (Lipinski definition) is 5. The van der Waals surface area contributed by atoms with E-state index in [1.807, 2.05) is 31.6 Å². The molecule has 4 aromatic heterocycles. The molecule has 0 amide bonds. The van der Waals surface area contributed by atoms with E-state index in [1.54, 1.807) is 6.92 Å². The molecule has 0 saturated carbocycles. The smallest absolute Gasteiger partial charge is 0.190 e. The Bertz CT molecular complexity index is 2330. The van der Waals surface area contributed by atoms with Crippen molar-refractivity contribution in [3.05, 3.63) is 94.8 Å². The van der Waals surface area contributed by atoms with E-state index in [9.17, 15) is 4.79 Å². The normalized spacial score (nSPS) is 12.2. The maximum Gasteiger partial charge on any atom is 0.190 e. The lowest BCUT2D eigenvalue weighted by Crippen LogP contribution is -1.96. The molecule has 2 N–H and O–H groups in total. The number of benzene rings is 1. The summed E-state index contributed by atoms with van der Waals surface area (Å²) in [5.74, 6) is 0.874. The lowest BCUT2D eigenvalue weighted by Gasteiger charge is -2.07. The Morgan fingerprint density at radius 1 is 0.630 bits per heavy atom. The molecule has 8 bridgehead atoms. The third kappa shape index (κ3) is 8.39. The molecular formula is C46H52N6OS. The van der Waals surface area contributed by atoms with Crippen LogP contribution in [0.1, 0.15) is 119 Å². The second-order valence-corrected chi connectivity index (χ2v) is 15.8. The Balaban J connectivity index is 1.51. The Hall–Kier alpha value is -4.95. The van der Waals surface area contributed by atoms with Gasteiger partial charge >= 0.3 is 0 Å². The van der Waals surface area contributed by atoms with Crippen LogP contribution >= 0.6 is 11.8 Å². The molecule has 8 heteroatoms. The number of carbonyl (C=O) groups excluding carboxylic acids is 1. The lowest BCUT2D eigenvalue weighted by atomic mass is 10.0. The first-order valence-electron chi connectivity index (χ1n) is 19.8. The van der Waals surface area contributed by atoms with Gasteiger partial charge in [0.05, 0.1) is 33.9 Å². The van der Waals surface area contributed by atoms with Crippen LogP contribution in [0.25, 0.3) is 68.9 Å². The van der Waals surface area contributed by atoms with E-state index < -0.39 is 0 Å². The molecular weight excluding hydrogens is 685 g/mol. The highest BCUT2D eigenvalue weighted by molar-refractivity contribution is 8.13. The zero-order valence-electron chi connectivity index (χ0n) is 32.2. The van der Waals surface area contributed by atoms with Crippen molar-refractivity contribution in [2.45, 2.75) is 103 Å². The molecule has 278 valence electrons. The van der Waals surface area contributed by atoms with Gasteiger partial charge in [-0.2, -0.15) is 0 Å². The summed E-state index contributed by atoms with van der Waals surface area (Å²) in [6, 6.07) is 17.1. The van der Waals surface area contributed by atoms with Gasteiger partial charge in [0.15, 0.2) is 5.12 Å². The van der Waals surface area contributed by atoms with E-state index in [0.29, 0.717) is 0 Å². The number of nitrogens with one attached hydrogen (secondary N) is 2. The highest BCUT2D eigenvalue weighted by atomic mass is 32.2. The number of aryl methyl sites for hydroxylation is 3. The monoisotopic (exact) mass is 736 g/mol. The molecule has 7 nitrogen and oxygen atoms in total. The molecule has 0 unspecified atom stereocenters. The fourth-order valence-electron chi connectivity index (χ4n) is 7.66. The Morgan fingerprint density at radius 3 is 1.65 bits per heavy atom. The minimum atomic E-state index is 0.0772. The number of H-pyrrole nitrogens is 2. The van der Waals surface area contributed by atoms with E-state index >= 15 is 0 Å². The fraction of sp³-hybridized carbons (Fsp3) is 0.348. The van der Waals surface area contributed by atoms with Crippen molar-refractivity contribution in [1.29, 1.82) is 0 Å². The topological polar surface area (TPSA) is 92.2 Å². The van der Waals surface area contributed by atoms with Crippen LogP contribution in [0.5, 0.6) is 0 Å². The molecule has 6 heterocycles. The first-order valence-corrected chi connectivity index (χ1v) is 20.7. The van der Waals surface area contributed by atoms with Gasteiger partial charge in [-0.1, -0.05) is 89.1 Å². The van der Waals surface area contributed by atoms with E-state index in [2.05, 4.69) is 89.1 Å². The lowest BCUT2D eigenvalue weighted by molar-refractivity contribution is -0.109. The number of rotatable bonds is 15. The van der Waals surface area contributed by atoms with Gasteiger partial charge < -0.3 is 14.5 Å². The number of nitrogens with zero attached hydrogens (tertiary/aromatic N) is 4. The minimum absolute atomic E-state index is 0.0772. The number of carbonyl (C=O) groups is 1. The second kappa shape index (κ2) is 17.5. The molecule has 0 saturated heterocycles. The van der Waals surface area contributed by atoms with Crippen molar-refractivity contribution in [2.24, 2.45) is 7.05 Å². The maximum absolute atomic E-state index is 11.9. The Kier molecular flexibility index (Phi) is 12.1. The van der Waals surface area contributed by atoms with Crippen molar-refractivity contribution in [2.75, 3.05) is 0 Å². The summed E-state index contributed by atoms with van der Waals surface area (Å²) in [4.78, 5) is 36.1. The predicted molar refractivity (Wildman–Crippen MR) is 228 cm³/mol. The molecule has 54 heavy (non-hydrogen) atoms. The average molecular weight is 737 g/mol. The Labute approximate surface area is 323 Å². The minimum Gasteiger partial charge on any atom is -0.355 e. The number of thioether (sulfide) groups is 1. The average Bonchev–Trinajstić information content (AvgIpc) is 4.02. The fourth-order valence-corrected chi connectivity index (χ4v) is 8.27. The molecule has 0 atom stereocenters. The van der Waals surface area contributed by atoms with Crippen molar-refractivity contribution < 1.29 is 4.79 Å². The number of imidazole rings is 1. The van der Waals surface area contributed by atoms with Crippen LogP contribution in [0.4, 0.5) is 0 Å². The third-order valence-corrected chi connectivity index (χ3v) is 11.3. The molecule has 0 fully saturated rings. The second-order valence-electron chi connectivity index (χ2n) is 14.5. The highest BCUT2D eigenvalue weighted by Gasteiger charge is 2.19. The summed E-state index contributed by atoms with van der Waals surface area (Å²) < 4.78 is 2.07. The van der Waals surface area contributed by atoms with Crippen molar-refractivity contribution >= 4 is 63.2 Å². The van der Waals surface area contributed by atoms with Gasteiger partial charge in [0, 0.05) is 64.5 Å². The summed E-state index contributed by atoms with van der Waals surface area (Å²) in [6.07, 6.45) is 26.4. The molecule has 0 spiro atoms. The van der Waals surface area contributed by atoms with Crippen LogP contribution in [0.2, 0.25) is 0 Å². The third-order valence-electron chi connectivity index (χ3n) is 10.5. The van der Waals surface area contributed by atoms with Gasteiger partial charge in [-0.25, -0.2) is 15.0 Å². The summed E-state index contributed by atoms with van der Waals surface area (Å²) in [7, 11) is 2.05. The number of fused-ring (bicyclic) bond motifs is 8. The standard InChI is InChI=1S/C46H52N6OS/c1-5-7-9-11-13-15-34-36-21-25-40(48-36)44(32-17-19-33(20-18-32)54-31(3)53)41-26-22-37(49-41)35(16-14-12-10-8-6-2)39-24-28-43(51-39)45(42-27-23-38(34)50-42)46-47-29-30-52(46)4/h17-30,48,51H,5-16H2,1-4H3. The number of unbranched alkanes of at least 4 members (excludes halogenated alkanes) is 8. The van der Waals surface area contributed by atoms with Crippen LogP contribution < -0.4 is 0 Å². The molecule has 0 aliphatic carbocycles. The van der Waals surface area contributed by atoms with Gasteiger partial charge in [-0.3, -0.25) is 4.79 Å². The van der Waals surface area contributed by atoms with E-state index in [4.69, 9.17) is 15.0 Å². The SMILES string of the molecule is CCCCCCCc1c2nc(c(-c3nccn3C)c3ccc([nH]3)c(CCCCCCC)c3nc(c(-c4ccc(SC(C)=O)cc4)c4ccc1[nH]4)C=C3)C=C2. The highest BCUT2D eigenvalue weighted by Crippen LogP contribution is 2.35. The quantitative estimate of drug-likeness (QED) is 0.0807. The Morgan fingerprint density at radius 2 is 1.13 bits per heavy atom. The van der Waals surface area contributed by atoms with Crippen LogP contribution in [-0.4, -0.2) is 34.6 Å². The van der Waals surface area contributed by atoms with Crippen molar-refractivity contribution in [1.82, 2.24) is 29.5 Å². The van der Waals surface area contributed by atoms with Crippen molar-refractivity contribution in [3.8, 4) is 22.5 Å². The van der Waals surface area contributed by atoms with Gasteiger partial charge in [-0.05, 0) is 91.9 Å². The first kappa shape index (κ1) is 37.4. The zero-order valence-corrected chi connectivity index (χ0v) is 33.0. The van der Waals surface area contributed by atoms with Gasteiger partial charge in [-0.15, -0.1) is 0 Å². The first-order chi connectivity index (χ1) is 26.4. The molecule has 5 aromatic rings. The van der Waals surface area contributed by atoms with E-state index in [-0.39, 0.29) is 5.12 Å². The maximum atomic E-state index is 11.9. The van der Waals surface area contributed by atoms with Crippen molar-refractivity contribution in [3.63, 3.8) is 0 Å². The molecule has 1 aromatic carbocycles. The van der Waals surface area contributed by atoms with E-state index in [0.717, 1.165) is 97.9 Å². The van der Waals surface area contributed by atoms with Crippen LogP contribution in [-0.2, 0) is 24.7 Å². The molecule has 0 radical (unpaired) electrons. The van der Waals surface area contributed by atoms with Crippen LogP contribution in [0, 0.1) is 0 Å². The number of aromatic nitrogens is 6. The van der Waals surface area contributed by atoms with E-state index in [1.165, 1.54) is 74.3 Å². The molecule has 7 rings (SSSR count). The predicted octanol–water partition coefficient (Wildman–Crippen LogP) is 12.4.